The van der Waals surface area contributed by atoms with E-state index in [9.17, 15) is 13.6 Å². The zero-order valence-electron chi connectivity index (χ0n) is 11.7. The summed E-state index contributed by atoms with van der Waals surface area (Å²) in [6.07, 6.45) is 3.07. The largest absolute Gasteiger partial charge is 0.323 e. The highest BCUT2D eigenvalue weighted by molar-refractivity contribution is 5.95. The van der Waals surface area contributed by atoms with Crippen LogP contribution in [0.2, 0.25) is 0 Å². The Hall–Kier alpha value is -1.44. The Morgan fingerprint density at radius 2 is 2.14 bits per heavy atom. The van der Waals surface area contributed by atoms with Gasteiger partial charge in [0.15, 0.2) is 0 Å². The Balaban J connectivity index is 0.00000121. The van der Waals surface area contributed by atoms with Gasteiger partial charge in [-0.25, -0.2) is 13.8 Å². The van der Waals surface area contributed by atoms with Gasteiger partial charge < -0.3 is 9.72 Å². The minimum Gasteiger partial charge on any atom is -0.323 e. The van der Waals surface area contributed by atoms with Crippen LogP contribution in [0.5, 0.6) is 0 Å². The summed E-state index contributed by atoms with van der Waals surface area (Å²) in [4.78, 5) is 16.2. The van der Waals surface area contributed by atoms with Gasteiger partial charge in [0, 0.05) is 18.8 Å². The minimum atomic E-state index is -2.81. The maximum Gasteiger partial charge on any atom is 0.262 e. The van der Waals surface area contributed by atoms with Crippen LogP contribution >= 0.6 is 24.8 Å². The summed E-state index contributed by atoms with van der Waals surface area (Å²) in [6.45, 7) is 1.42. The fourth-order valence-electron chi connectivity index (χ4n) is 2.32. The summed E-state index contributed by atoms with van der Waals surface area (Å²) in [6, 6.07) is 2.61. The van der Waals surface area contributed by atoms with Crippen molar-refractivity contribution in [3.05, 3.63) is 30.2 Å². The number of amides is 1. The number of fused-ring (bicyclic) bond motifs is 1. The lowest BCUT2D eigenvalue weighted by molar-refractivity contribution is -0.118. The van der Waals surface area contributed by atoms with Crippen molar-refractivity contribution in [3.8, 4) is 0 Å². The summed E-state index contributed by atoms with van der Waals surface area (Å²) < 4.78 is 27.9. The molecule has 3 heterocycles. The van der Waals surface area contributed by atoms with Gasteiger partial charge in [-0.2, -0.15) is 0 Å². The van der Waals surface area contributed by atoms with E-state index in [1.54, 1.807) is 22.7 Å². The zero-order valence-corrected chi connectivity index (χ0v) is 13.3. The first-order chi connectivity index (χ1) is 9.43. The van der Waals surface area contributed by atoms with Crippen molar-refractivity contribution in [3.63, 3.8) is 0 Å². The number of imidazole rings is 1. The average Bonchev–Trinajstić information content (AvgIpc) is 2.90. The second-order valence-electron chi connectivity index (χ2n) is 5.05. The molecule has 1 aliphatic heterocycles. The quantitative estimate of drug-likeness (QED) is 0.872. The van der Waals surface area contributed by atoms with Crippen LogP contribution < -0.4 is 10.6 Å². The first-order valence-electron chi connectivity index (χ1n) is 6.30. The first-order valence-corrected chi connectivity index (χ1v) is 6.30. The Morgan fingerprint density at radius 3 is 2.77 bits per heavy atom. The van der Waals surface area contributed by atoms with Crippen molar-refractivity contribution in [2.24, 2.45) is 0 Å². The standard InChI is InChI=1S/C13H14F2N4O.2ClH/c1-8-5-19-6-9(2-3-11(19)17-8)18-12(20)10-4-13(14,15)7-16-10;;/h2-3,5-6,10,16H,4,7H2,1H3,(H,18,20);2*1H. The number of nitrogens with one attached hydrogen (secondary N) is 2. The van der Waals surface area contributed by atoms with E-state index in [0.717, 1.165) is 11.3 Å². The van der Waals surface area contributed by atoms with Crippen molar-refractivity contribution in [2.45, 2.75) is 25.3 Å². The number of carbonyl (C=O) groups excluding carboxylic acids is 1. The molecule has 0 aromatic carbocycles. The lowest BCUT2D eigenvalue weighted by atomic mass is 10.2. The molecule has 1 unspecified atom stereocenters. The molecule has 0 radical (unpaired) electrons. The third-order valence-corrected chi connectivity index (χ3v) is 3.27. The van der Waals surface area contributed by atoms with Crippen LogP contribution in [0.3, 0.4) is 0 Å². The summed E-state index contributed by atoms with van der Waals surface area (Å²) in [7, 11) is 0. The number of anilines is 1. The number of nitrogens with zero attached hydrogens (tertiary/aromatic N) is 2. The molecule has 122 valence electrons. The predicted molar refractivity (Wildman–Crippen MR) is 84.4 cm³/mol. The molecule has 2 aromatic heterocycles. The molecule has 3 rings (SSSR count). The molecule has 9 heteroatoms. The number of pyridine rings is 1. The lowest BCUT2D eigenvalue weighted by Crippen LogP contribution is -2.35. The van der Waals surface area contributed by atoms with Gasteiger partial charge in [-0.15, -0.1) is 24.8 Å². The molecule has 0 aliphatic carbocycles. The Morgan fingerprint density at radius 1 is 1.41 bits per heavy atom. The van der Waals surface area contributed by atoms with Crippen LogP contribution in [0.4, 0.5) is 14.5 Å². The topological polar surface area (TPSA) is 58.4 Å². The molecule has 5 nitrogen and oxygen atoms in total. The fraction of sp³-hybridized carbons (Fsp3) is 0.385. The van der Waals surface area contributed by atoms with Crippen molar-refractivity contribution in [1.82, 2.24) is 14.7 Å². The highest BCUT2D eigenvalue weighted by atomic mass is 35.5. The number of halogens is 4. The molecule has 0 saturated carbocycles. The van der Waals surface area contributed by atoms with E-state index in [1.807, 2.05) is 13.1 Å². The number of hydrogen-bond donors (Lipinski definition) is 2. The Bertz CT molecular complexity index is 677. The van der Waals surface area contributed by atoms with Crippen molar-refractivity contribution >= 4 is 42.1 Å². The summed E-state index contributed by atoms with van der Waals surface area (Å²) >= 11 is 0. The van der Waals surface area contributed by atoms with Gasteiger partial charge in [0.25, 0.3) is 5.92 Å². The SMILES string of the molecule is Cc1cn2cc(NC(=O)C3CC(F)(F)CN3)ccc2n1.Cl.Cl. The van der Waals surface area contributed by atoms with E-state index in [2.05, 4.69) is 15.6 Å². The summed E-state index contributed by atoms with van der Waals surface area (Å²) in [5, 5.41) is 5.17. The van der Waals surface area contributed by atoms with E-state index in [-0.39, 0.29) is 24.8 Å². The van der Waals surface area contributed by atoms with Crippen LogP contribution in [0.15, 0.2) is 24.5 Å². The zero-order chi connectivity index (χ0) is 14.3. The molecule has 1 atom stereocenters. The number of alkyl halides is 2. The van der Waals surface area contributed by atoms with Crippen molar-refractivity contribution < 1.29 is 13.6 Å². The van der Waals surface area contributed by atoms with Crippen LogP contribution in [0.1, 0.15) is 12.1 Å². The fourth-order valence-corrected chi connectivity index (χ4v) is 2.32. The van der Waals surface area contributed by atoms with Gasteiger partial charge in [0.2, 0.25) is 5.91 Å². The average molecular weight is 353 g/mol. The molecule has 22 heavy (non-hydrogen) atoms. The van der Waals surface area contributed by atoms with E-state index < -0.39 is 30.8 Å². The highest BCUT2D eigenvalue weighted by Crippen LogP contribution is 2.25. The van der Waals surface area contributed by atoms with E-state index in [4.69, 9.17) is 0 Å². The molecule has 1 amide bonds. The van der Waals surface area contributed by atoms with Gasteiger partial charge in [0.1, 0.15) is 5.65 Å². The number of hydrogen-bond acceptors (Lipinski definition) is 3. The van der Waals surface area contributed by atoms with Gasteiger partial charge in [-0.1, -0.05) is 0 Å². The maximum atomic E-state index is 13.0. The van der Waals surface area contributed by atoms with Crippen LogP contribution in [-0.4, -0.2) is 33.8 Å². The molecule has 1 fully saturated rings. The summed E-state index contributed by atoms with van der Waals surface area (Å²) in [5.74, 6) is -3.26. The second kappa shape index (κ2) is 6.76. The normalized spacial score (nSPS) is 19.3. The molecule has 0 bridgehead atoms. The Kier molecular flexibility index (Phi) is 5.72. The molecule has 2 N–H and O–H groups in total. The highest BCUT2D eigenvalue weighted by Gasteiger charge is 2.42. The smallest absolute Gasteiger partial charge is 0.262 e. The molecule has 1 aliphatic rings. The van der Waals surface area contributed by atoms with Crippen LogP contribution in [-0.2, 0) is 4.79 Å². The number of carbonyl (C=O) groups is 1. The van der Waals surface area contributed by atoms with Crippen LogP contribution in [0.25, 0.3) is 5.65 Å². The van der Waals surface area contributed by atoms with E-state index >= 15 is 0 Å². The van der Waals surface area contributed by atoms with E-state index in [1.165, 1.54) is 0 Å². The maximum absolute atomic E-state index is 13.0. The van der Waals surface area contributed by atoms with Gasteiger partial charge >= 0.3 is 0 Å². The number of rotatable bonds is 2. The van der Waals surface area contributed by atoms with E-state index in [0.29, 0.717) is 5.69 Å². The molecule has 2 aromatic rings. The van der Waals surface area contributed by atoms with Gasteiger partial charge in [0.05, 0.1) is 24.0 Å². The monoisotopic (exact) mass is 352 g/mol. The van der Waals surface area contributed by atoms with Gasteiger partial charge in [-0.05, 0) is 19.1 Å². The Labute approximate surface area is 138 Å². The summed E-state index contributed by atoms with van der Waals surface area (Å²) in [5.41, 5.74) is 2.19. The molecule has 1 saturated heterocycles. The number of aromatic nitrogens is 2. The molecular formula is C13H16Cl2F2N4O. The second-order valence-corrected chi connectivity index (χ2v) is 5.05. The lowest BCUT2D eigenvalue weighted by Gasteiger charge is -2.11. The molecule has 0 spiro atoms. The number of aryl methyl sites for hydroxylation is 1. The third kappa shape index (κ3) is 3.85. The third-order valence-electron chi connectivity index (χ3n) is 3.27. The van der Waals surface area contributed by atoms with Crippen molar-refractivity contribution in [2.75, 3.05) is 11.9 Å². The van der Waals surface area contributed by atoms with Crippen molar-refractivity contribution in [1.29, 1.82) is 0 Å². The van der Waals surface area contributed by atoms with Gasteiger partial charge in [-0.3, -0.25) is 10.1 Å². The predicted octanol–water partition coefficient (Wildman–Crippen LogP) is 2.42. The first kappa shape index (κ1) is 18.6. The minimum absolute atomic E-state index is 0. The van der Waals surface area contributed by atoms with Crippen LogP contribution in [0, 0.1) is 6.92 Å². The molecular weight excluding hydrogens is 337 g/mol.